The molecule has 22 heteroatoms. The number of nitrogens with one attached hydrogen (secondary N) is 1. The van der Waals surface area contributed by atoms with Crippen molar-refractivity contribution in [2.45, 2.75) is 113 Å². The first-order valence-electron chi connectivity index (χ1n) is 25.8. The molecule has 8 heterocycles. The van der Waals surface area contributed by atoms with Crippen molar-refractivity contribution in [2.24, 2.45) is 17.1 Å². The highest BCUT2D eigenvalue weighted by molar-refractivity contribution is 7.99. The molecule has 0 radical (unpaired) electrons. The van der Waals surface area contributed by atoms with Crippen LogP contribution in [0.15, 0.2) is 70.6 Å². The van der Waals surface area contributed by atoms with Crippen molar-refractivity contribution in [2.75, 3.05) is 81.8 Å². The number of likely N-dealkylation sites (tertiary alicyclic amines) is 1. The van der Waals surface area contributed by atoms with E-state index in [2.05, 4.69) is 42.3 Å². The average molecular weight is 1070 g/mol. The Labute approximate surface area is 446 Å². The molecule has 0 spiro atoms. The van der Waals surface area contributed by atoms with Crippen molar-refractivity contribution in [1.82, 2.24) is 54.9 Å². The first-order valence-corrected chi connectivity index (χ1v) is 27.8. The van der Waals surface area contributed by atoms with Gasteiger partial charge in [0.1, 0.15) is 34.3 Å². The summed E-state index contributed by atoms with van der Waals surface area (Å²) in [5, 5.41) is 35.5. The number of aliphatic hydroxyl groups is 2. The zero-order valence-corrected chi connectivity index (χ0v) is 45.3. The quantitative estimate of drug-likeness (QED) is 0.100. The lowest BCUT2D eigenvalue weighted by atomic mass is 9.80. The number of β-amino-alcohol motifs (C(OH)–C–C–N with tert-alkyl or cyclic N) is 1. The van der Waals surface area contributed by atoms with Gasteiger partial charge < -0.3 is 40.9 Å². The smallest absolute Gasteiger partial charge is 0.254 e. The Morgan fingerprint density at radius 2 is 1.65 bits per heavy atom. The summed E-state index contributed by atoms with van der Waals surface area (Å²) in [7, 11) is 0. The van der Waals surface area contributed by atoms with Gasteiger partial charge in [0, 0.05) is 102 Å². The van der Waals surface area contributed by atoms with Gasteiger partial charge in [0.25, 0.3) is 5.91 Å². The number of hydrogen-bond donors (Lipinski definition) is 4. The predicted octanol–water partition coefficient (Wildman–Crippen LogP) is 5.16. The molecule has 4 atom stereocenters. The van der Waals surface area contributed by atoms with E-state index in [-0.39, 0.29) is 54.9 Å². The molecule has 396 valence electrons. The Bertz CT molecular complexity index is 2740. The second-order valence-corrected chi connectivity index (χ2v) is 23.4. The molecular formula is C52H69ClN14O5S2. The van der Waals surface area contributed by atoms with E-state index in [0.29, 0.717) is 80.3 Å². The summed E-state index contributed by atoms with van der Waals surface area (Å²) < 4.78 is 1.55. The summed E-state index contributed by atoms with van der Waals surface area (Å²) in [4.78, 5) is 72.8. The Balaban J connectivity index is 0.797. The Kier molecular flexibility index (Phi) is 16.6. The Hall–Kier alpha value is -5.29. The molecule has 0 unspecified atom stereocenters. The monoisotopic (exact) mass is 1070 g/mol. The molecular weight excluding hydrogens is 1000 g/mol. The minimum absolute atomic E-state index is 0.0405. The molecule has 4 aromatic heterocycles. The van der Waals surface area contributed by atoms with Crippen LogP contribution in [0.1, 0.15) is 88.3 Å². The van der Waals surface area contributed by atoms with Gasteiger partial charge in [-0.2, -0.15) is 0 Å². The van der Waals surface area contributed by atoms with E-state index in [4.69, 9.17) is 27.3 Å². The van der Waals surface area contributed by atoms with E-state index in [1.807, 2.05) is 74.6 Å². The van der Waals surface area contributed by atoms with Crippen LogP contribution in [0.4, 0.5) is 11.6 Å². The second-order valence-electron chi connectivity index (χ2n) is 21.1. The first kappa shape index (κ1) is 53.5. The third-order valence-corrected chi connectivity index (χ3v) is 17.9. The molecule has 0 bridgehead atoms. The summed E-state index contributed by atoms with van der Waals surface area (Å²) in [5.41, 5.74) is 10.1. The SMILES string of the molecule is Cc1cn([C@H](C(=O)N2C[C@H](O)C[C@H]2C(=O)N[C@@H](CCN2CCN(C(=O)C3(O)CCN(c4nccc(Sc5cnc(N6CCC(C)(CN)CC6)cn5)c4Cl)CC3)CC2)c2ccc(-c3scnc3C)cc2)C(C)C)nn1. The number of benzene rings is 1. The van der Waals surface area contributed by atoms with Gasteiger partial charge in [-0.05, 0) is 68.2 Å². The molecule has 19 nitrogen and oxygen atoms in total. The van der Waals surface area contributed by atoms with Crippen LogP contribution in [-0.2, 0) is 14.4 Å². The molecule has 4 fully saturated rings. The van der Waals surface area contributed by atoms with Crippen LogP contribution in [0, 0.1) is 25.2 Å². The predicted molar refractivity (Wildman–Crippen MR) is 286 cm³/mol. The van der Waals surface area contributed by atoms with Crippen molar-refractivity contribution in [1.29, 1.82) is 0 Å². The maximum absolute atomic E-state index is 14.4. The fourth-order valence-electron chi connectivity index (χ4n) is 10.6. The fraction of sp³-hybridized carbons (Fsp3) is 0.558. The number of thiazole rings is 1. The van der Waals surface area contributed by atoms with Crippen LogP contribution in [0.3, 0.4) is 0 Å². The maximum atomic E-state index is 14.4. The van der Waals surface area contributed by atoms with Gasteiger partial charge in [-0.15, -0.1) is 16.4 Å². The number of hydrogen-bond acceptors (Lipinski definition) is 17. The third kappa shape index (κ3) is 11.9. The number of nitrogens with two attached hydrogens (primary N) is 1. The highest BCUT2D eigenvalue weighted by Gasteiger charge is 2.45. The minimum Gasteiger partial charge on any atom is -0.391 e. The average Bonchev–Trinajstić information content (AvgIpc) is 4.15. The van der Waals surface area contributed by atoms with Crippen LogP contribution in [-0.4, -0.2) is 167 Å². The summed E-state index contributed by atoms with van der Waals surface area (Å²) in [6.07, 6.45) is 9.35. The summed E-state index contributed by atoms with van der Waals surface area (Å²) in [5.74, 6) is 0.419. The molecule has 4 aliphatic rings. The maximum Gasteiger partial charge on any atom is 0.254 e. The number of carbonyl (C=O) groups excluding carboxylic acids is 3. The lowest BCUT2D eigenvalue weighted by molar-refractivity contribution is -0.155. The van der Waals surface area contributed by atoms with Gasteiger partial charge in [-0.25, -0.2) is 24.6 Å². The van der Waals surface area contributed by atoms with Crippen LogP contribution >= 0.6 is 34.7 Å². The van der Waals surface area contributed by atoms with E-state index < -0.39 is 29.8 Å². The van der Waals surface area contributed by atoms with Gasteiger partial charge in [0.15, 0.2) is 0 Å². The number of piperazine rings is 1. The largest absolute Gasteiger partial charge is 0.391 e. The zero-order chi connectivity index (χ0) is 52.3. The Morgan fingerprint density at radius 1 is 0.932 bits per heavy atom. The molecule has 1 aromatic carbocycles. The molecule has 4 aliphatic heterocycles. The van der Waals surface area contributed by atoms with Crippen LogP contribution in [0.2, 0.25) is 5.02 Å². The molecule has 4 saturated heterocycles. The molecule has 9 rings (SSSR count). The topological polar surface area (TPSA) is 228 Å². The normalized spacial score (nSPS) is 21.0. The van der Waals surface area contributed by atoms with Crippen LogP contribution in [0.25, 0.3) is 10.4 Å². The molecule has 74 heavy (non-hydrogen) atoms. The number of aryl methyl sites for hydroxylation is 2. The fourth-order valence-corrected chi connectivity index (χ4v) is 12.5. The van der Waals surface area contributed by atoms with E-state index >= 15 is 0 Å². The van der Waals surface area contributed by atoms with Crippen molar-refractivity contribution in [3.63, 3.8) is 0 Å². The summed E-state index contributed by atoms with van der Waals surface area (Å²) >= 11 is 10.00. The Morgan fingerprint density at radius 3 is 2.27 bits per heavy atom. The number of carbonyl (C=O) groups is 3. The van der Waals surface area contributed by atoms with Gasteiger partial charge in [-0.3, -0.25) is 19.3 Å². The molecule has 3 amide bonds. The first-order chi connectivity index (χ1) is 35.5. The molecule has 5 aromatic rings. The number of aromatic nitrogens is 7. The summed E-state index contributed by atoms with van der Waals surface area (Å²) in [6, 6.07) is 8.02. The number of halogens is 1. The number of piperidine rings is 2. The minimum atomic E-state index is -1.52. The number of pyridine rings is 1. The number of aliphatic hydroxyl groups excluding tert-OH is 1. The number of amides is 3. The lowest BCUT2D eigenvalue weighted by Gasteiger charge is -2.43. The molecule has 0 aliphatic carbocycles. The van der Waals surface area contributed by atoms with Gasteiger partial charge >= 0.3 is 0 Å². The van der Waals surface area contributed by atoms with Crippen LogP contribution < -0.4 is 20.9 Å². The second kappa shape index (κ2) is 22.9. The number of nitrogens with zero attached hydrogens (tertiary/aromatic N) is 12. The number of anilines is 2. The standard InChI is InChI=1S/C52H69ClN14O5S2/c1-33(2)45(67-29-34(3)60-61-67)49(70)66-30-38(68)26-40(66)48(69)59-39(36-6-8-37(9-7-36)46-35(4)58-32-73-46)11-17-62-22-24-65(25-23-62)50(71)52(72)14-20-64(21-15-52)47-44(53)41(10-16-55-47)74-43-28-56-42(27-57-43)63-18-12-51(5,31-54)13-19-63/h6-10,16,27-29,32-33,38-40,45,68,72H,11-15,17-26,30-31,54H2,1-5H3,(H,59,69)/t38-,39+,40+,45+/m1/s1. The zero-order valence-electron chi connectivity index (χ0n) is 42.9. The van der Waals surface area contributed by atoms with Gasteiger partial charge in [0.2, 0.25) is 11.8 Å². The van der Waals surface area contributed by atoms with E-state index in [1.54, 1.807) is 39.5 Å². The van der Waals surface area contributed by atoms with E-state index in [9.17, 15) is 24.6 Å². The van der Waals surface area contributed by atoms with E-state index in [1.165, 1.54) is 16.7 Å². The van der Waals surface area contributed by atoms with Crippen molar-refractivity contribution >= 4 is 64.1 Å². The van der Waals surface area contributed by atoms with Crippen molar-refractivity contribution < 1.29 is 24.6 Å². The van der Waals surface area contributed by atoms with Crippen molar-refractivity contribution in [3.05, 3.63) is 82.6 Å². The highest BCUT2D eigenvalue weighted by atomic mass is 35.5. The molecule has 0 saturated carbocycles. The lowest BCUT2D eigenvalue weighted by Crippen LogP contribution is -2.59. The number of rotatable bonds is 16. The third-order valence-electron chi connectivity index (χ3n) is 15.4. The summed E-state index contributed by atoms with van der Waals surface area (Å²) in [6.45, 7) is 15.9. The van der Waals surface area contributed by atoms with Crippen molar-refractivity contribution in [3.8, 4) is 10.4 Å². The van der Waals surface area contributed by atoms with Crippen LogP contribution in [0.5, 0.6) is 0 Å². The van der Waals surface area contributed by atoms with E-state index in [0.717, 1.165) is 58.3 Å². The van der Waals surface area contributed by atoms with Gasteiger partial charge in [0.05, 0.1) is 51.3 Å². The molecule has 5 N–H and O–H groups in total. The highest BCUT2D eigenvalue weighted by Crippen LogP contribution is 2.40. The van der Waals surface area contributed by atoms with Gasteiger partial charge in [-0.1, -0.05) is 73.6 Å².